The summed E-state index contributed by atoms with van der Waals surface area (Å²) in [4.78, 5) is 2.89. The van der Waals surface area contributed by atoms with Crippen molar-refractivity contribution in [2.75, 3.05) is 4.90 Å². The van der Waals surface area contributed by atoms with Gasteiger partial charge in [-0.25, -0.2) is 0 Å². The van der Waals surface area contributed by atoms with Gasteiger partial charge < -0.3 is 9.47 Å². The molecular weight excluding hydrogens is 507 g/mol. The lowest BCUT2D eigenvalue weighted by Crippen LogP contribution is -2.65. The highest BCUT2D eigenvalue weighted by molar-refractivity contribution is 7.00. The average Bonchev–Trinajstić information content (AvgIpc) is 3.40. The molecule has 4 heterocycles. The van der Waals surface area contributed by atoms with Crippen LogP contribution in [0, 0.1) is 32.6 Å². The minimum absolute atomic E-state index is 0.0779. The monoisotopic (exact) mass is 546 g/mol. The molecule has 1 aromatic heterocycles. The van der Waals surface area contributed by atoms with Crippen LogP contribution in [0.3, 0.4) is 0 Å². The SMILES string of the molecule is Cc1cc2c3c(c1)C1(C)C4CCCCC4CCC1(C)N3c1cccc3c1B2c1cc(C)cc2c4cc(C)ccc4n-3c12. The number of nitrogens with zero attached hydrogens (tertiary/aromatic N) is 2. The quantitative estimate of drug-likeness (QED) is 0.178. The topological polar surface area (TPSA) is 8.17 Å². The van der Waals surface area contributed by atoms with Crippen LogP contribution in [-0.4, -0.2) is 16.8 Å². The summed E-state index contributed by atoms with van der Waals surface area (Å²) >= 11 is 0. The maximum atomic E-state index is 2.89. The molecule has 5 aromatic rings. The fraction of sp³-hybridized carbons (Fsp3) is 0.385. The summed E-state index contributed by atoms with van der Waals surface area (Å²) in [5.41, 5.74) is 17.7. The van der Waals surface area contributed by atoms with Gasteiger partial charge in [-0.2, -0.15) is 0 Å². The molecule has 0 bridgehead atoms. The van der Waals surface area contributed by atoms with Gasteiger partial charge in [-0.05, 0) is 111 Å². The third kappa shape index (κ3) is 2.51. The maximum Gasteiger partial charge on any atom is 0.252 e. The van der Waals surface area contributed by atoms with Crippen LogP contribution in [0.15, 0.2) is 60.7 Å². The lowest BCUT2D eigenvalue weighted by Gasteiger charge is -2.58. The normalized spacial score (nSPS) is 28.1. The molecule has 208 valence electrons. The standard InChI is InChI=1S/C39H39BN2/c1-22-13-14-32-26(17-22)27-18-23(2)20-30-36(27)41(32)33-11-8-12-34-35(33)40(30)31-21-24(3)19-29-37(31)42(34)38(4)16-15-25-9-6-7-10-28(25)39(29,38)5/h8,11-14,17-21,25,28H,6-7,9-10,15-16H2,1-5H3. The van der Waals surface area contributed by atoms with Crippen LogP contribution >= 0.6 is 0 Å². The zero-order valence-electron chi connectivity index (χ0n) is 25.6. The molecule has 0 radical (unpaired) electrons. The lowest BCUT2D eigenvalue weighted by molar-refractivity contribution is 0.0321. The summed E-state index contributed by atoms with van der Waals surface area (Å²) in [6, 6.07) is 24.4. The number of hydrogen-bond acceptors (Lipinski definition) is 1. The Hall–Kier alpha value is -3.46. The Kier molecular flexibility index (Phi) is 4.32. The van der Waals surface area contributed by atoms with Crippen LogP contribution in [-0.2, 0) is 5.41 Å². The predicted octanol–water partition coefficient (Wildman–Crippen LogP) is 7.62. The fourth-order valence-corrected chi connectivity index (χ4v) is 11.2. The largest absolute Gasteiger partial charge is 0.335 e. The first-order chi connectivity index (χ1) is 20.3. The van der Waals surface area contributed by atoms with Crippen LogP contribution < -0.4 is 21.3 Å². The lowest BCUT2D eigenvalue weighted by atomic mass is 9.33. The number of benzene rings is 4. The molecule has 2 aliphatic carbocycles. The molecule has 2 nitrogen and oxygen atoms in total. The van der Waals surface area contributed by atoms with E-state index in [4.69, 9.17) is 0 Å². The van der Waals surface area contributed by atoms with E-state index in [1.165, 1.54) is 99.3 Å². The van der Waals surface area contributed by atoms with Crippen molar-refractivity contribution in [1.29, 1.82) is 0 Å². The summed E-state index contributed by atoms with van der Waals surface area (Å²) in [6.07, 6.45) is 8.28. The van der Waals surface area contributed by atoms with E-state index in [1.807, 2.05) is 0 Å². The van der Waals surface area contributed by atoms with Crippen LogP contribution in [0.5, 0.6) is 0 Å². The number of aromatic nitrogens is 1. The van der Waals surface area contributed by atoms with Crippen molar-refractivity contribution in [3.8, 4) is 5.69 Å². The molecule has 0 amide bonds. The average molecular weight is 547 g/mol. The molecule has 5 aliphatic rings. The van der Waals surface area contributed by atoms with Gasteiger partial charge in [-0.15, -0.1) is 0 Å². The van der Waals surface area contributed by atoms with Gasteiger partial charge in [0.2, 0.25) is 0 Å². The Morgan fingerprint density at radius 2 is 1.52 bits per heavy atom. The minimum Gasteiger partial charge on any atom is -0.335 e. The van der Waals surface area contributed by atoms with E-state index in [9.17, 15) is 0 Å². The molecule has 0 N–H and O–H groups in total. The number of rotatable bonds is 0. The van der Waals surface area contributed by atoms with Crippen LogP contribution in [0.25, 0.3) is 27.5 Å². The number of fused-ring (bicyclic) bond motifs is 12. The molecule has 4 aromatic carbocycles. The van der Waals surface area contributed by atoms with Crippen molar-refractivity contribution in [2.45, 2.75) is 84.1 Å². The maximum absolute atomic E-state index is 2.89. The zero-order chi connectivity index (χ0) is 28.3. The third-order valence-electron chi connectivity index (χ3n) is 13.0. The van der Waals surface area contributed by atoms with Crippen LogP contribution in [0.1, 0.15) is 74.6 Å². The van der Waals surface area contributed by atoms with Gasteiger partial charge in [-0.3, -0.25) is 0 Å². The first-order valence-electron chi connectivity index (χ1n) is 16.4. The van der Waals surface area contributed by atoms with Crippen LogP contribution in [0.4, 0.5) is 11.4 Å². The molecule has 0 saturated heterocycles. The van der Waals surface area contributed by atoms with Gasteiger partial charge in [0.1, 0.15) is 0 Å². The molecule has 0 spiro atoms. The first-order valence-corrected chi connectivity index (χ1v) is 16.4. The summed E-state index contributed by atoms with van der Waals surface area (Å²) < 4.78 is 2.62. The molecule has 3 heteroatoms. The van der Waals surface area contributed by atoms with Gasteiger partial charge in [0.05, 0.1) is 11.1 Å². The smallest absolute Gasteiger partial charge is 0.252 e. The second kappa shape index (κ2) is 7.54. The van der Waals surface area contributed by atoms with Crippen molar-refractivity contribution >= 4 is 56.3 Å². The second-order valence-corrected chi connectivity index (χ2v) is 15.0. The van der Waals surface area contributed by atoms with E-state index in [1.54, 1.807) is 16.7 Å². The Bertz CT molecular complexity index is 2050. The summed E-state index contributed by atoms with van der Waals surface area (Å²) in [5, 5.41) is 2.79. The number of hydrogen-bond donors (Lipinski definition) is 0. The summed E-state index contributed by atoms with van der Waals surface area (Å²) in [5.74, 6) is 1.64. The Morgan fingerprint density at radius 3 is 2.40 bits per heavy atom. The molecule has 42 heavy (non-hydrogen) atoms. The van der Waals surface area contributed by atoms with E-state index >= 15 is 0 Å². The van der Waals surface area contributed by atoms with Crippen LogP contribution in [0.2, 0.25) is 0 Å². The fourth-order valence-electron chi connectivity index (χ4n) is 11.2. The van der Waals surface area contributed by atoms with Gasteiger partial charge in [0.15, 0.2) is 0 Å². The predicted molar refractivity (Wildman–Crippen MR) is 179 cm³/mol. The van der Waals surface area contributed by atoms with Gasteiger partial charge >= 0.3 is 0 Å². The number of aryl methyl sites for hydroxylation is 3. The van der Waals surface area contributed by atoms with Crippen molar-refractivity contribution in [3.05, 3.63) is 82.9 Å². The second-order valence-electron chi connectivity index (χ2n) is 15.0. The van der Waals surface area contributed by atoms with Crippen molar-refractivity contribution in [3.63, 3.8) is 0 Å². The van der Waals surface area contributed by atoms with E-state index in [2.05, 4.69) is 105 Å². The number of anilines is 2. The Labute approximate surface area is 249 Å². The minimum atomic E-state index is 0.0779. The first kappa shape index (κ1) is 24.0. The zero-order valence-corrected chi connectivity index (χ0v) is 25.6. The Morgan fingerprint density at radius 1 is 0.762 bits per heavy atom. The molecule has 10 rings (SSSR count). The van der Waals surface area contributed by atoms with Gasteiger partial charge in [0, 0.05) is 38.8 Å². The molecule has 2 saturated carbocycles. The van der Waals surface area contributed by atoms with E-state index in [-0.39, 0.29) is 17.7 Å². The molecule has 3 aliphatic heterocycles. The van der Waals surface area contributed by atoms with Crippen molar-refractivity contribution in [1.82, 2.24) is 4.57 Å². The van der Waals surface area contributed by atoms with Gasteiger partial charge in [0.25, 0.3) is 6.71 Å². The molecule has 2 fully saturated rings. The summed E-state index contributed by atoms with van der Waals surface area (Å²) in [6.45, 7) is 12.5. The van der Waals surface area contributed by atoms with E-state index in [0.29, 0.717) is 0 Å². The van der Waals surface area contributed by atoms with Crippen molar-refractivity contribution < 1.29 is 0 Å². The highest BCUT2D eigenvalue weighted by atomic mass is 15.3. The molecule has 4 unspecified atom stereocenters. The molecule has 4 atom stereocenters. The highest BCUT2D eigenvalue weighted by Gasteiger charge is 2.65. The Balaban J connectivity index is 1.37. The summed E-state index contributed by atoms with van der Waals surface area (Å²) in [7, 11) is 0. The third-order valence-corrected chi connectivity index (χ3v) is 13.0. The molecular formula is C39H39BN2. The van der Waals surface area contributed by atoms with E-state index < -0.39 is 0 Å². The van der Waals surface area contributed by atoms with Gasteiger partial charge in [-0.1, -0.05) is 73.2 Å². The highest BCUT2D eigenvalue weighted by Crippen LogP contribution is 2.66. The van der Waals surface area contributed by atoms with Crippen molar-refractivity contribution in [2.24, 2.45) is 11.8 Å². The van der Waals surface area contributed by atoms with E-state index in [0.717, 1.165) is 11.8 Å².